The monoisotopic (exact) mass is 177 g/mol. The molecule has 0 amide bonds. The lowest BCUT2D eigenvalue weighted by molar-refractivity contribution is -0.593. The summed E-state index contributed by atoms with van der Waals surface area (Å²) in [5, 5.41) is 6.99. The Labute approximate surface area is 75.2 Å². The molecule has 0 bridgehead atoms. The Bertz CT molecular complexity index is 157. The Morgan fingerprint density at radius 1 is 1.36 bits per heavy atom. The molecular weight excluding hydrogens is 160 g/mol. The highest BCUT2D eigenvalue weighted by atomic mass is 35.5. The highest BCUT2D eigenvalue weighted by molar-refractivity contribution is 5.85. The molecule has 0 fully saturated rings. The van der Waals surface area contributed by atoms with E-state index >= 15 is 0 Å². The normalized spacial score (nSPS) is 9.82. The number of nitrogens with one attached hydrogen (secondary N) is 1. The van der Waals surface area contributed by atoms with E-state index in [2.05, 4.69) is 26.8 Å². The van der Waals surface area contributed by atoms with Gasteiger partial charge in [-0.15, -0.1) is 12.4 Å². The van der Waals surface area contributed by atoms with Gasteiger partial charge >= 0.3 is 6.01 Å². The molecule has 0 aromatic carbocycles. The van der Waals surface area contributed by atoms with E-state index in [1.165, 1.54) is 0 Å². The molecule has 3 heteroatoms. The lowest BCUT2D eigenvalue weighted by Gasteiger charge is -2.20. The van der Waals surface area contributed by atoms with Crippen LogP contribution in [0.25, 0.3) is 0 Å². The van der Waals surface area contributed by atoms with Gasteiger partial charge < -0.3 is 0 Å². The minimum atomic E-state index is 0. The summed E-state index contributed by atoms with van der Waals surface area (Å²) in [6, 6.07) is 2.43. The summed E-state index contributed by atoms with van der Waals surface area (Å²) in [6.45, 7) is 9.28. The topological polar surface area (TPSA) is 26.9 Å². The fraction of sp³-hybridized carbons (Fsp3) is 0.875. The summed E-state index contributed by atoms with van der Waals surface area (Å²) in [4.78, 5) is 0. The minimum absolute atomic E-state index is 0. The largest absolute Gasteiger partial charge is 0.304 e. The van der Waals surface area contributed by atoms with Crippen molar-refractivity contribution in [3.8, 4) is 0 Å². The van der Waals surface area contributed by atoms with Crippen molar-refractivity contribution in [1.82, 2.24) is 0 Å². The fourth-order valence-electron chi connectivity index (χ4n) is 0.849. The molecule has 0 unspecified atom stereocenters. The van der Waals surface area contributed by atoms with Crippen molar-refractivity contribution >= 4 is 18.4 Å². The van der Waals surface area contributed by atoms with E-state index in [4.69, 9.17) is 5.41 Å². The van der Waals surface area contributed by atoms with E-state index in [0.29, 0.717) is 0 Å². The SMILES string of the molecule is CC[N+](=C=N)C(C)(C)CC.Cl. The van der Waals surface area contributed by atoms with Crippen molar-refractivity contribution in [3.63, 3.8) is 0 Å². The average molecular weight is 178 g/mol. The van der Waals surface area contributed by atoms with Gasteiger partial charge in [-0.05, 0) is 27.2 Å². The van der Waals surface area contributed by atoms with Gasteiger partial charge in [-0.2, -0.15) is 0 Å². The van der Waals surface area contributed by atoms with Crippen molar-refractivity contribution in [2.24, 2.45) is 0 Å². The maximum atomic E-state index is 6.99. The standard InChI is InChI=1S/C8H17N2.ClH/c1-5-8(3,4)10(6-2)7-9;/h9H,5-6H2,1-4H3;1H/q+1;. The van der Waals surface area contributed by atoms with Crippen LogP contribution in [0.2, 0.25) is 0 Å². The lowest BCUT2D eigenvalue weighted by Crippen LogP contribution is -2.34. The molecule has 1 N–H and O–H groups in total. The van der Waals surface area contributed by atoms with Crippen LogP contribution in [0, 0.1) is 5.41 Å². The second-order valence-electron chi connectivity index (χ2n) is 3.02. The Balaban J connectivity index is 0. The molecule has 0 aliphatic heterocycles. The van der Waals surface area contributed by atoms with Gasteiger partial charge in [-0.1, -0.05) is 12.3 Å². The smallest absolute Gasteiger partial charge is 0.216 e. The van der Waals surface area contributed by atoms with E-state index < -0.39 is 0 Å². The van der Waals surface area contributed by atoms with Gasteiger partial charge in [-0.3, -0.25) is 0 Å². The molecule has 0 aromatic heterocycles. The summed E-state index contributed by atoms with van der Waals surface area (Å²) >= 11 is 0. The van der Waals surface area contributed by atoms with E-state index in [1.54, 1.807) is 0 Å². The van der Waals surface area contributed by atoms with Gasteiger partial charge in [0.2, 0.25) is 0 Å². The average Bonchev–Trinajstić information content (AvgIpc) is 1.90. The first-order valence-electron chi connectivity index (χ1n) is 3.78. The molecule has 0 aliphatic rings. The molecule has 0 saturated heterocycles. The zero-order chi connectivity index (χ0) is 8.20. The second-order valence-corrected chi connectivity index (χ2v) is 3.02. The first kappa shape index (κ1) is 13.3. The van der Waals surface area contributed by atoms with Crippen molar-refractivity contribution in [2.45, 2.75) is 39.7 Å². The Morgan fingerprint density at radius 3 is 1.91 bits per heavy atom. The summed E-state index contributed by atoms with van der Waals surface area (Å²) in [5.74, 6) is 0. The molecule has 11 heavy (non-hydrogen) atoms. The summed E-state index contributed by atoms with van der Waals surface area (Å²) in [5.41, 5.74) is 0.0938. The highest BCUT2D eigenvalue weighted by Crippen LogP contribution is 2.11. The maximum Gasteiger partial charge on any atom is 0.304 e. The highest BCUT2D eigenvalue weighted by Gasteiger charge is 2.22. The van der Waals surface area contributed by atoms with Crippen LogP contribution in [-0.2, 0) is 0 Å². The van der Waals surface area contributed by atoms with Crippen LogP contribution in [0.1, 0.15) is 34.1 Å². The Hall–Kier alpha value is -0.330. The van der Waals surface area contributed by atoms with Gasteiger partial charge in [0.05, 0.1) is 6.54 Å². The predicted octanol–water partition coefficient (Wildman–Crippen LogP) is 2.38. The van der Waals surface area contributed by atoms with Crippen LogP contribution in [0.5, 0.6) is 0 Å². The zero-order valence-corrected chi connectivity index (χ0v) is 8.59. The van der Waals surface area contributed by atoms with Crippen LogP contribution in [0.4, 0.5) is 0 Å². The summed E-state index contributed by atoms with van der Waals surface area (Å²) in [6.07, 6.45) is 1.05. The van der Waals surface area contributed by atoms with Crippen LogP contribution in [-0.4, -0.2) is 22.7 Å². The zero-order valence-electron chi connectivity index (χ0n) is 7.77. The lowest BCUT2D eigenvalue weighted by atomic mass is 10.0. The Morgan fingerprint density at radius 2 is 1.82 bits per heavy atom. The van der Waals surface area contributed by atoms with Crippen LogP contribution in [0.3, 0.4) is 0 Å². The van der Waals surface area contributed by atoms with Crippen LogP contribution in [0.15, 0.2) is 0 Å². The van der Waals surface area contributed by atoms with E-state index in [9.17, 15) is 0 Å². The predicted molar refractivity (Wildman–Crippen MR) is 50.1 cm³/mol. The molecule has 0 rings (SSSR count). The van der Waals surface area contributed by atoms with Crippen molar-refractivity contribution in [3.05, 3.63) is 0 Å². The van der Waals surface area contributed by atoms with Gasteiger partial charge in [-0.25, -0.2) is 4.58 Å². The molecule has 0 aliphatic carbocycles. The van der Waals surface area contributed by atoms with Crippen LogP contribution < -0.4 is 0 Å². The first-order chi connectivity index (χ1) is 4.58. The number of halogens is 1. The van der Waals surface area contributed by atoms with Gasteiger partial charge in [0.1, 0.15) is 5.54 Å². The minimum Gasteiger partial charge on any atom is -0.216 e. The third-order valence-corrected chi connectivity index (χ3v) is 2.05. The molecule has 0 spiro atoms. The van der Waals surface area contributed by atoms with Crippen molar-refractivity contribution in [2.75, 3.05) is 6.54 Å². The Kier molecular flexibility index (Phi) is 6.44. The van der Waals surface area contributed by atoms with E-state index in [-0.39, 0.29) is 17.9 Å². The van der Waals surface area contributed by atoms with Gasteiger partial charge in [0.15, 0.2) is 0 Å². The first-order valence-corrected chi connectivity index (χ1v) is 3.78. The number of hydrogen-bond acceptors (Lipinski definition) is 1. The van der Waals surface area contributed by atoms with Gasteiger partial charge in [0.25, 0.3) is 0 Å². The second kappa shape index (κ2) is 5.34. The number of hydrogen-bond donors (Lipinski definition) is 1. The summed E-state index contributed by atoms with van der Waals surface area (Å²) in [7, 11) is 0. The van der Waals surface area contributed by atoms with Crippen LogP contribution >= 0.6 is 12.4 Å². The van der Waals surface area contributed by atoms with Gasteiger partial charge in [0, 0.05) is 0 Å². The molecule has 66 valence electrons. The molecular formula is C8H18ClN2+. The quantitative estimate of drug-likeness (QED) is 0.507. The molecule has 2 nitrogen and oxygen atoms in total. The maximum absolute atomic E-state index is 6.99. The van der Waals surface area contributed by atoms with E-state index in [1.807, 2.05) is 11.5 Å². The number of nitrogens with zero attached hydrogens (tertiary/aromatic N) is 1. The molecule has 0 saturated carbocycles. The van der Waals surface area contributed by atoms with Crippen molar-refractivity contribution in [1.29, 1.82) is 5.41 Å². The molecule has 0 radical (unpaired) electrons. The summed E-state index contributed by atoms with van der Waals surface area (Å²) < 4.78 is 1.91. The molecule has 0 atom stereocenters. The third-order valence-electron chi connectivity index (χ3n) is 2.05. The van der Waals surface area contributed by atoms with Crippen molar-refractivity contribution < 1.29 is 4.58 Å². The third kappa shape index (κ3) is 3.54. The molecule has 0 aromatic rings. The fourth-order valence-corrected chi connectivity index (χ4v) is 0.849. The number of rotatable bonds is 3. The molecule has 0 heterocycles. The van der Waals surface area contributed by atoms with E-state index in [0.717, 1.165) is 13.0 Å².